The molecule has 0 saturated carbocycles. The molecule has 0 spiro atoms. The standard InChI is InChI=1S/C21H29N3O3/c1-3-17-7-9-22-21(23-17)14-16-5-6-19(26-2)20(13-16)27-12-4-10-24-11-8-18(25)15-24/h5-7,9,13,18,25H,3-4,8,10-12,14-15H2,1-2H3. The second-order valence-electron chi connectivity index (χ2n) is 6.92. The molecular weight excluding hydrogens is 342 g/mol. The number of ether oxygens (including phenoxy) is 2. The number of likely N-dealkylation sites (tertiary alicyclic amines) is 1. The van der Waals surface area contributed by atoms with Crippen molar-refractivity contribution in [1.82, 2.24) is 14.9 Å². The van der Waals surface area contributed by atoms with Crippen LogP contribution in [0.15, 0.2) is 30.5 Å². The van der Waals surface area contributed by atoms with Crippen LogP contribution in [0.25, 0.3) is 0 Å². The van der Waals surface area contributed by atoms with Crippen LogP contribution in [0, 0.1) is 0 Å². The summed E-state index contributed by atoms with van der Waals surface area (Å²) in [6.07, 6.45) is 5.01. The first-order valence-corrected chi connectivity index (χ1v) is 9.69. The second kappa shape index (κ2) is 9.67. The van der Waals surface area contributed by atoms with Crippen LogP contribution in [0.1, 0.15) is 36.8 Å². The molecule has 1 N–H and O–H groups in total. The number of aliphatic hydroxyl groups excluding tert-OH is 1. The van der Waals surface area contributed by atoms with Crippen molar-refractivity contribution in [3.8, 4) is 11.5 Å². The van der Waals surface area contributed by atoms with Crippen molar-refractivity contribution in [1.29, 1.82) is 0 Å². The lowest BCUT2D eigenvalue weighted by Crippen LogP contribution is -2.24. The molecule has 0 bridgehead atoms. The Balaban J connectivity index is 1.57. The quantitative estimate of drug-likeness (QED) is 0.683. The average molecular weight is 371 g/mol. The van der Waals surface area contributed by atoms with Crippen LogP contribution in [-0.2, 0) is 12.8 Å². The minimum absolute atomic E-state index is 0.170. The summed E-state index contributed by atoms with van der Waals surface area (Å²) in [5, 5.41) is 9.59. The summed E-state index contributed by atoms with van der Waals surface area (Å²) in [4.78, 5) is 11.2. The molecule has 0 aliphatic carbocycles. The summed E-state index contributed by atoms with van der Waals surface area (Å²) < 4.78 is 11.4. The smallest absolute Gasteiger partial charge is 0.161 e. The lowest BCUT2D eigenvalue weighted by molar-refractivity contribution is 0.172. The molecule has 6 nitrogen and oxygen atoms in total. The van der Waals surface area contributed by atoms with E-state index in [-0.39, 0.29) is 6.10 Å². The van der Waals surface area contributed by atoms with Gasteiger partial charge in [0.15, 0.2) is 11.5 Å². The van der Waals surface area contributed by atoms with Crippen LogP contribution >= 0.6 is 0 Å². The van der Waals surface area contributed by atoms with Gasteiger partial charge in [0.1, 0.15) is 5.82 Å². The highest BCUT2D eigenvalue weighted by molar-refractivity contribution is 5.43. The van der Waals surface area contributed by atoms with Gasteiger partial charge in [-0.2, -0.15) is 0 Å². The molecule has 3 rings (SSSR count). The van der Waals surface area contributed by atoms with Gasteiger partial charge in [-0.3, -0.25) is 0 Å². The van der Waals surface area contributed by atoms with E-state index in [2.05, 4.69) is 21.8 Å². The Morgan fingerprint density at radius 1 is 1.26 bits per heavy atom. The average Bonchev–Trinajstić information content (AvgIpc) is 3.11. The molecule has 1 aromatic carbocycles. The van der Waals surface area contributed by atoms with Crippen LogP contribution in [0.4, 0.5) is 0 Å². The van der Waals surface area contributed by atoms with Crippen LogP contribution in [-0.4, -0.2) is 59.4 Å². The maximum Gasteiger partial charge on any atom is 0.161 e. The van der Waals surface area contributed by atoms with Crippen LogP contribution < -0.4 is 9.47 Å². The van der Waals surface area contributed by atoms with E-state index in [1.807, 2.05) is 30.5 Å². The number of β-amino-alcohol motifs (C(OH)–C–C–N with tert-alkyl or cyclic N) is 1. The van der Waals surface area contributed by atoms with Gasteiger partial charge < -0.3 is 19.5 Å². The predicted octanol–water partition coefficient (Wildman–Crippen LogP) is 2.47. The summed E-state index contributed by atoms with van der Waals surface area (Å²) >= 11 is 0. The third kappa shape index (κ3) is 5.65. The summed E-state index contributed by atoms with van der Waals surface area (Å²) in [7, 11) is 1.65. The summed E-state index contributed by atoms with van der Waals surface area (Å²) in [6.45, 7) is 5.39. The topological polar surface area (TPSA) is 67.7 Å². The Bertz CT molecular complexity index is 738. The Labute approximate surface area is 161 Å². The number of hydrogen-bond donors (Lipinski definition) is 1. The molecule has 146 valence electrons. The van der Waals surface area contributed by atoms with Crippen molar-refractivity contribution in [3.05, 3.63) is 47.5 Å². The first-order valence-electron chi connectivity index (χ1n) is 9.69. The van der Waals surface area contributed by atoms with E-state index in [0.29, 0.717) is 13.0 Å². The molecule has 1 aliphatic heterocycles. The third-order valence-corrected chi connectivity index (χ3v) is 4.84. The summed E-state index contributed by atoms with van der Waals surface area (Å²) in [5.74, 6) is 2.31. The summed E-state index contributed by atoms with van der Waals surface area (Å²) in [6, 6.07) is 7.93. The number of aliphatic hydroxyl groups is 1. The van der Waals surface area contributed by atoms with E-state index < -0.39 is 0 Å². The number of hydrogen-bond acceptors (Lipinski definition) is 6. The largest absolute Gasteiger partial charge is 0.493 e. The van der Waals surface area contributed by atoms with Gasteiger partial charge in [-0.1, -0.05) is 13.0 Å². The molecule has 27 heavy (non-hydrogen) atoms. The summed E-state index contributed by atoms with van der Waals surface area (Å²) in [5.41, 5.74) is 2.15. The fourth-order valence-corrected chi connectivity index (χ4v) is 3.34. The lowest BCUT2D eigenvalue weighted by Gasteiger charge is -2.16. The highest BCUT2D eigenvalue weighted by atomic mass is 16.5. The van der Waals surface area contributed by atoms with Gasteiger partial charge in [-0.05, 0) is 43.0 Å². The minimum Gasteiger partial charge on any atom is -0.493 e. The molecular formula is C21H29N3O3. The Morgan fingerprint density at radius 2 is 2.15 bits per heavy atom. The molecule has 2 aromatic rings. The fraction of sp³-hybridized carbons (Fsp3) is 0.524. The Hall–Kier alpha value is -2.18. The molecule has 1 atom stereocenters. The first-order chi connectivity index (χ1) is 13.2. The first kappa shape index (κ1) is 19.6. The van der Waals surface area contributed by atoms with E-state index in [1.54, 1.807) is 7.11 Å². The van der Waals surface area contributed by atoms with Crippen molar-refractivity contribution in [2.45, 2.75) is 38.7 Å². The normalized spacial score (nSPS) is 17.2. The van der Waals surface area contributed by atoms with Gasteiger partial charge in [-0.15, -0.1) is 0 Å². The van der Waals surface area contributed by atoms with E-state index in [4.69, 9.17) is 9.47 Å². The minimum atomic E-state index is -0.170. The molecule has 2 heterocycles. The fourth-order valence-electron chi connectivity index (χ4n) is 3.34. The van der Waals surface area contributed by atoms with Crippen molar-refractivity contribution < 1.29 is 14.6 Å². The monoisotopic (exact) mass is 371 g/mol. The molecule has 0 radical (unpaired) electrons. The van der Waals surface area contributed by atoms with E-state index >= 15 is 0 Å². The molecule has 1 fully saturated rings. The van der Waals surface area contributed by atoms with Crippen LogP contribution in [0.5, 0.6) is 11.5 Å². The second-order valence-corrected chi connectivity index (χ2v) is 6.92. The number of methoxy groups -OCH3 is 1. The number of rotatable bonds is 9. The zero-order valence-corrected chi connectivity index (χ0v) is 16.2. The molecule has 1 saturated heterocycles. The van der Waals surface area contributed by atoms with Crippen LogP contribution in [0.3, 0.4) is 0 Å². The van der Waals surface area contributed by atoms with E-state index in [1.165, 1.54) is 0 Å². The number of aryl methyl sites for hydroxylation is 1. The van der Waals surface area contributed by atoms with Gasteiger partial charge >= 0.3 is 0 Å². The van der Waals surface area contributed by atoms with Gasteiger partial charge in [0.05, 0.1) is 19.8 Å². The highest BCUT2D eigenvalue weighted by Crippen LogP contribution is 2.29. The van der Waals surface area contributed by atoms with Crippen LogP contribution in [0.2, 0.25) is 0 Å². The maximum absolute atomic E-state index is 9.59. The van der Waals surface area contributed by atoms with Gasteiger partial charge in [0.25, 0.3) is 0 Å². The molecule has 1 unspecified atom stereocenters. The van der Waals surface area contributed by atoms with Gasteiger partial charge in [-0.25, -0.2) is 9.97 Å². The Kier molecular flexibility index (Phi) is 7.01. The Morgan fingerprint density at radius 3 is 2.89 bits per heavy atom. The maximum atomic E-state index is 9.59. The zero-order chi connectivity index (χ0) is 19.1. The zero-order valence-electron chi connectivity index (χ0n) is 16.2. The third-order valence-electron chi connectivity index (χ3n) is 4.84. The SMILES string of the molecule is CCc1ccnc(Cc2ccc(OC)c(OCCCN3CCC(O)C3)c2)n1. The van der Waals surface area contributed by atoms with Crippen molar-refractivity contribution in [2.24, 2.45) is 0 Å². The predicted molar refractivity (Wildman–Crippen MR) is 104 cm³/mol. The molecule has 6 heteroatoms. The number of nitrogens with zero attached hydrogens (tertiary/aromatic N) is 3. The van der Waals surface area contributed by atoms with E-state index in [9.17, 15) is 5.11 Å². The molecule has 0 amide bonds. The molecule has 1 aliphatic rings. The number of benzene rings is 1. The highest BCUT2D eigenvalue weighted by Gasteiger charge is 2.19. The van der Waals surface area contributed by atoms with Crippen molar-refractivity contribution >= 4 is 0 Å². The van der Waals surface area contributed by atoms with Gasteiger partial charge in [0.2, 0.25) is 0 Å². The number of aromatic nitrogens is 2. The van der Waals surface area contributed by atoms with Gasteiger partial charge in [0, 0.05) is 37.9 Å². The van der Waals surface area contributed by atoms with Crippen molar-refractivity contribution in [3.63, 3.8) is 0 Å². The molecule has 1 aromatic heterocycles. The van der Waals surface area contributed by atoms with E-state index in [0.717, 1.165) is 67.5 Å². The van der Waals surface area contributed by atoms with Crippen molar-refractivity contribution in [2.75, 3.05) is 33.4 Å². The lowest BCUT2D eigenvalue weighted by atomic mass is 10.1.